The van der Waals surface area contributed by atoms with Crippen LogP contribution in [0, 0.1) is 0 Å². The van der Waals surface area contributed by atoms with Gasteiger partial charge < -0.3 is 13.9 Å². The minimum Gasteiger partial charge on any atom is -0.479 e. The van der Waals surface area contributed by atoms with Gasteiger partial charge in [-0.15, -0.1) is 0 Å². The van der Waals surface area contributed by atoms with Gasteiger partial charge in [0.1, 0.15) is 17.1 Å². The maximum Gasteiger partial charge on any atom is 0.347 e. The highest BCUT2D eigenvalue weighted by Gasteiger charge is 2.23. The lowest BCUT2D eigenvalue weighted by Gasteiger charge is -2.17. The number of unbranched alkanes of at least 4 members (excludes halogenated alkanes) is 3. The van der Waals surface area contributed by atoms with E-state index in [0.717, 1.165) is 37.0 Å². The summed E-state index contributed by atoms with van der Waals surface area (Å²) < 4.78 is 17.3. The van der Waals surface area contributed by atoms with Crippen LogP contribution in [-0.2, 0) is 22.4 Å². The highest BCUT2D eigenvalue weighted by Crippen LogP contribution is 2.34. The molecular formula is C22H30O4. The third kappa shape index (κ3) is 4.40. The fourth-order valence-corrected chi connectivity index (χ4v) is 3.70. The number of rotatable bonds is 9. The first-order chi connectivity index (χ1) is 12.7. The Hall–Kier alpha value is -1.97. The van der Waals surface area contributed by atoms with Gasteiger partial charge in [-0.2, -0.15) is 0 Å². The first-order valence-electron chi connectivity index (χ1n) is 10.1. The van der Waals surface area contributed by atoms with Crippen molar-refractivity contribution in [2.24, 2.45) is 0 Å². The fraction of sp³-hybridized carbons (Fsp3) is 0.591. The summed E-state index contributed by atoms with van der Waals surface area (Å²) in [7, 11) is 0. The summed E-state index contributed by atoms with van der Waals surface area (Å²) in [6.07, 6.45) is 9.09. The van der Waals surface area contributed by atoms with Gasteiger partial charge in [-0.05, 0) is 51.2 Å². The molecular weight excluding hydrogens is 328 g/mol. The zero-order valence-electron chi connectivity index (χ0n) is 16.0. The van der Waals surface area contributed by atoms with Gasteiger partial charge in [0.2, 0.25) is 0 Å². The molecule has 1 atom stereocenters. The average Bonchev–Trinajstić information content (AvgIpc) is 3.02. The topological polar surface area (TPSA) is 48.7 Å². The van der Waals surface area contributed by atoms with E-state index in [4.69, 9.17) is 13.9 Å². The lowest BCUT2D eigenvalue weighted by molar-refractivity contribution is -0.151. The normalized spacial score (nSPS) is 14.8. The van der Waals surface area contributed by atoms with Gasteiger partial charge in [-0.1, -0.05) is 26.2 Å². The van der Waals surface area contributed by atoms with E-state index < -0.39 is 6.10 Å². The molecule has 142 valence electrons. The van der Waals surface area contributed by atoms with Crippen molar-refractivity contribution < 1.29 is 18.7 Å². The second-order valence-corrected chi connectivity index (χ2v) is 7.08. The van der Waals surface area contributed by atoms with Crippen LogP contribution >= 0.6 is 0 Å². The van der Waals surface area contributed by atoms with E-state index in [0.29, 0.717) is 18.8 Å². The van der Waals surface area contributed by atoms with Gasteiger partial charge in [0, 0.05) is 23.4 Å². The summed E-state index contributed by atoms with van der Waals surface area (Å²) in [6, 6.07) is 5.94. The van der Waals surface area contributed by atoms with Crippen molar-refractivity contribution in [3.8, 4) is 5.75 Å². The van der Waals surface area contributed by atoms with Gasteiger partial charge in [0.25, 0.3) is 0 Å². The van der Waals surface area contributed by atoms with Gasteiger partial charge in [-0.3, -0.25) is 0 Å². The first-order valence-corrected chi connectivity index (χ1v) is 10.1. The number of carbonyl (C=O) groups excluding carboxylic acids is 1. The maximum absolute atomic E-state index is 12.3. The van der Waals surface area contributed by atoms with Gasteiger partial charge in [0.05, 0.1) is 6.61 Å². The molecule has 1 unspecified atom stereocenters. The summed E-state index contributed by atoms with van der Waals surface area (Å²) in [5.74, 6) is 1.52. The van der Waals surface area contributed by atoms with Crippen molar-refractivity contribution in [2.45, 2.75) is 77.7 Å². The number of fused-ring (bicyclic) bond motifs is 3. The molecule has 0 saturated carbocycles. The standard InChI is InChI=1S/C22H30O4/c1-3-5-6-7-12-20(22(23)24-4-2)25-16-13-14-18-17-10-8-9-11-19(17)26-21(18)15-16/h13-15,20H,3-12H2,1-2H3. The fourth-order valence-electron chi connectivity index (χ4n) is 3.70. The highest BCUT2D eigenvalue weighted by atomic mass is 16.6. The van der Waals surface area contributed by atoms with E-state index in [1.165, 1.54) is 36.6 Å². The maximum atomic E-state index is 12.3. The molecule has 1 heterocycles. The van der Waals surface area contributed by atoms with Crippen LogP contribution in [0.3, 0.4) is 0 Å². The molecule has 4 heteroatoms. The third-order valence-corrected chi connectivity index (χ3v) is 5.08. The Bertz CT molecular complexity index is 731. The van der Waals surface area contributed by atoms with Gasteiger partial charge in [-0.25, -0.2) is 4.79 Å². The number of benzene rings is 1. The minimum absolute atomic E-state index is 0.275. The molecule has 1 aromatic heterocycles. The Morgan fingerprint density at radius 2 is 2.00 bits per heavy atom. The number of aryl methyl sites for hydroxylation is 2. The molecule has 0 N–H and O–H groups in total. The van der Waals surface area contributed by atoms with E-state index in [9.17, 15) is 4.79 Å². The summed E-state index contributed by atoms with van der Waals surface area (Å²) in [5, 5.41) is 1.18. The molecule has 0 fully saturated rings. The largest absolute Gasteiger partial charge is 0.479 e. The molecule has 0 aliphatic heterocycles. The molecule has 0 radical (unpaired) electrons. The third-order valence-electron chi connectivity index (χ3n) is 5.08. The van der Waals surface area contributed by atoms with Crippen LogP contribution in [0.4, 0.5) is 0 Å². The summed E-state index contributed by atoms with van der Waals surface area (Å²) in [5.41, 5.74) is 2.21. The smallest absolute Gasteiger partial charge is 0.347 e. The van der Waals surface area contributed by atoms with Crippen molar-refractivity contribution in [3.05, 3.63) is 29.5 Å². The van der Waals surface area contributed by atoms with Crippen LogP contribution in [0.5, 0.6) is 5.75 Å². The predicted molar refractivity (Wildman–Crippen MR) is 103 cm³/mol. The first kappa shape index (κ1) is 18.8. The number of furan rings is 1. The molecule has 0 amide bonds. The van der Waals surface area contributed by atoms with Crippen LogP contribution in [0.15, 0.2) is 22.6 Å². The van der Waals surface area contributed by atoms with Gasteiger partial charge >= 0.3 is 5.97 Å². The lowest BCUT2D eigenvalue weighted by Crippen LogP contribution is -2.29. The summed E-state index contributed by atoms with van der Waals surface area (Å²) in [4.78, 5) is 12.3. The molecule has 0 spiro atoms. The summed E-state index contributed by atoms with van der Waals surface area (Å²) in [6.45, 7) is 4.38. The zero-order chi connectivity index (χ0) is 18.4. The van der Waals surface area contributed by atoms with Crippen LogP contribution < -0.4 is 4.74 Å². The van der Waals surface area contributed by atoms with E-state index in [2.05, 4.69) is 13.0 Å². The van der Waals surface area contributed by atoms with Crippen molar-refractivity contribution >= 4 is 16.9 Å². The monoisotopic (exact) mass is 358 g/mol. The second kappa shape index (κ2) is 9.11. The Morgan fingerprint density at radius 1 is 1.15 bits per heavy atom. The molecule has 2 aromatic rings. The molecule has 4 nitrogen and oxygen atoms in total. The van der Waals surface area contributed by atoms with E-state index in [1.54, 1.807) is 0 Å². The number of hydrogen-bond acceptors (Lipinski definition) is 4. The van der Waals surface area contributed by atoms with Crippen molar-refractivity contribution in [3.63, 3.8) is 0 Å². The number of carbonyl (C=O) groups is 1. The quantitative estimate of drug-likeness (QED) is 0.433. The zero-order valence-corrected chi connectivity index (χ0v) is 16.0. The predicted octanol–water partition coefficient (Wildman–Crippen LogP) is 5.59. The molecule has 1 aliphatic rings. The molecule has 0 saturated heterocycles. The Balaban J connectivity index is 1.73. The number of esters is 1. The minimum atomic E-state index is -0.547. The van der Waals surface area contributed by atoms with E-state index in [-0.39, 0.29) is 5.97 Å². The van der Waals surface area contributed by atoms with E-state index in [1.807, 2.05) is 19.1 Å². The summed E-state index contributed by atoms with van der Waals surface area (Å²) >= 11 is 0. The Labute approximate surface area is 155 Å². The second-order valence-electron chi connectivity index (χ2n) is 7.08. The van der Waals surface area contributed by atoms with E-state index >= 15 is 0 Å². The van der Waals surface area contributed by atoms with Crippen molar-refractivity contribution in [2.75, 3.05) is 6.61 Å². The molecule has 3 rings (SSSR count). The number of hydrogen-bond donors (Lipinski definition) is 0. The van der Waals surface area contributed by atoms with Crippen molar-refractivity contribution in [1.82, 2.24) is 0 Å². The van der Waals surface area contributed by atoms with Crippen LogP contribution in [0.25, 0.3) is 11.0 Å². The SMILES string of the molecule is CCCCCCC(Oc1ccc2c3c(oc2c1)CCCC3)C(=O)OCC. The molecule has 0 bridgehead atoms. The lowest BCUT2D eigenvalue weighted by atomic mass is 9.96. The Kier molecular flexibility index (Phi) is 6.59. The Morgan fingerprint density at radius 3 is 2.81 bits per heavy atom. The molecule has 26 heavy (non-hydrogen) atoms. The molecule has 1 aliphatic carbocycles. The van der Waals surface area contributed by atoms with Crippen LogP contribution in [-0.4, -0.2) is 18.7 Å². The van der Waals surface area contributed by atoms with Crippen molar-refractivity contribution in [1.29, 1.82) is 0 Å². The molecule has 1 aromatic carbocycles. The highest BCUT2D eigenvalue weighted by molar-refractivity contribution is 5.84. The van der Waals surface area contributed by atoms with Crippen LogP contribution in [0.2, 0.25) is 0 Å². The van der Waals surface area contributed by atoms with Gasteiger partial charge in [0.15, 0.2) is 6.10 Å². The number of ether oxygens (including phenoxy) is 2. The average molecular weight is 358 g/mol. The van der Waals surface area contributed by atoms with Crippen LogP contribution in [0.1, 0.15) is 70.1 Å².